The number of ether oxygens (including phenoxy) is 2. The molecule has 0 aliphatic carbocycles. The summed E-state index contributed by atoms with van der Waals surface area (Å²) >= 11 is 0. The fourth-order valence-corrected chi connectivity index (χ4v) is 3.48. The van der Waals surface area contributed by atoms with E-state index in [0.29, 0.717) is 56.8 Å². The van der Waals surface area contributed by atoms with Crippen LogP contribution in [0.25, 0.3) is 0 Å². The van der Waals surface area contributed by atoms with Gasteiger partial charge in [-0.15, -0.1) is 0 Å². The molecule has 7 heteroatoms. The summed E-state index contributed by atoms with van der Waals surface area (Å²) in [5.41, 5.74) is 1.17. The third-order valence-electron chi connectivity index (χ3n) is 5.09. The SMILES string of the molecule is CN(C)CCCNC(=O)c1ccc(C(=O)N2CCC3(CC2)OCCO3)cc1. The summed E-state index contributed by atoms with van der Waals surface area (Å²) < 4.78 is 11.4. The molecule has 1 aromatic rings. The highest BCUT2D eigenvalue weighted by Gasteiger charge is 2.40. The van der Waals surface area contributed by atoms with Crippen LogP contribution < -0.4 is 5.32 Å². The maximum Gasteiger partial charge on any atom is 0.253 e. The van der Waals surface area contributed by atoms with E-state index >= 15 is 0 Å². The van der Waals surface area contributed by atoms with Crippen LogP contribution in [0, 0.1) is 0 Å². The second kappa shape index (κ2) is 8.82. The van der Waals surface area contributed by atoms with E-state index in [-0.39, 0.29) is 11.8 Å². The second-order valence-corrected chi connectivity index (χ2v) is 7.39. The molecule has 0 radical (unpaired) electrons. The number of hydrogen-bond donors (Lipinski definition) is 1. The Morgan fingerprint density at radius 2 is 1.67 bits per heavy atom. The summed E-state index contributed by atoms with van der Waals surface area (Å²) in [7, 11) is 4.01. The largest absolute Gasteiger partial charge is 0.352 e. The molecule has 2 heterocycles. The van der Waals surface area contributed by atoms with Gasteiger partial charge < -0.3 is 24.6 Å². The highest BCUT2D eigenvalue weighted by molar-refractivity contribution is 5.97. The Kier molecular flexibility index (Phi) is 6.46. The first kappa shape index (κ1) is 19.8. The molecule has 2 fully saturated rings. The lowest BCUT2D eigenvalue weighted by molar-refractivity contribution is -0.181. The number of carbonyl (C=O) groups is 2. The molecule has 148 valence electrons. The third kappa shape index (κ3) is 5.06. The van der Waals surface area contributed by atoms with Crippen molar-refractivity contribution in [2.75, 3.05) is 53.5 Å². The van der Waals surface area contributed by atoms with Gasteiger partial charge in [0.25, 0.3) is 11.8 Å². The minimum Gasteiger partial charge on any atom is -0.352 e. The maximum absolute atomic E-state index is 12.7. The van der Waals surface area contributed by atoms with E-state index in [9.17, 15) is 9.59 Å². The maximum atomic E-state index is 12.7. The summed E-state index contributed by atoms with van der Waals surface area (Å²) in [5.74, 6) is -0.602. The molecule has 2 amide bonds. The topological polar surface area (TPSA) is 71.1 Å². The molecule has 1 N–H and O–H groups in total. The summed E-state index contributed by atoms with van der Waals surface area (Å²) in [4.78, 5) is 28.8. The first-order valence-corrected chi connectivity index (χ1v) is 9.59. The van der Waals surface area contributed by atoms with Crippen LogP contribution in [-0.4, -0.2) is 80.9 Å². The molecular weight excluding hydrogens is 346 g/mol. The highest BCUT2D eigenvalue weighted by atomic mass is 16.7. The number of likely N-dealkylation sites (tertiary alicyclic amines) is 1. The zero-order chi connectivity index (χ0) is 19.3. The Bertz CT molecular complexity index is 644. The summed E-state index contributed by atoms with van der Waals surface area (Å²) in [6.45, 7) is 4.07. The van der Waals surface area contributed by atoms with Crippen LogP contribution in [0.1, 0.15) is 40.0 Å². The van der Waals surface area contributed by atoms with E-state index in [4.69, 9.17) is 9.47 Å². The van der Waals surface area contributed by atoms with Gasteiger partial charge in [0.2, 0.25) is 0 Å². The van der Waals surface area contributed by atoms with E-state index in [2.05, 4.69) is 10.2 Å². The van der Waals surface area contributed by atoms with Crippen molar-refractivity contribution in [2.24, 2.45) is 0 Å². The van der Waals surface area contributed by atoms with Gasteiger partial charge in [-0.05, 0) is 51.3 Å². The Labute approximate surface area is 160 Å². The van der Waals surface area contributed by atoms with Gasteiger partial charge in [0.15, 0.2) is 5.79 Å². The van der Waals surface area contributed by atoms with Crippen molar-refractivity contribution in [2.45, 2.75) is 25.0 Å². The molecular formula is C20H29N3O4. The predicted molar refractivity (Wildman–Crippen MR) is 102 cm³/mol. The number of benzene rings is 1. The van der Waals surface area contributed by atoms with Crippen molar-refractivity contribution in [3.63, 3.8) is 0 Å². The van der Waals surface area contributed by atoms with Gasteiger partial charge in [-0.3, -0.25) is 9.59 Å². The lowest BCUT2D eigenvalue weighted by atomic mass is 10.0. The number of amides is 2. The molecule has 0 bridgehead atoms. The lowest BCUT2D eigenvalue weighted by Crippen LogP contribution is -2.47. The summed E-state index contributed by atoms with van der Waals surface area (Å²) in [5, 5.41) is 2.91. The fraction of sp³-hybridized carbons (Fsp3) is 0.600. The van der Waals surface area contributed by atoms with Crippen LogP contribution in [-0.2, 0) is 9.47 Å². The summed E-state index contributed by atoms with van der Waals surface area (Å²) in [6.07, 6.45) is 2.30. The second-order valence-electron chi connectivity index (χ2n) is 7.39. The van der Waals surface area contributed by atoms with Crippen molar-refractivity contribution >= 4 is 11.8 Å². The monoisotopic (exact) mass is 375 g/mol. The van der Waals surface area contributed by atoms with Crippen molar-refractivity contribution in [1.82, 2.24) is 15.1 Å². The van der Waals surface area contributed by atoms with Gasteiger partial charge in [0.1, 0.15) is 0 Å². The molecule has 1 aromatic carbocycles. The van der Waals surface area contributed by atoms with Crippen LogP contribution in [0.2, 0.25) is 0 Å². The number of nitrogens with one attached hydrogen (secondary N) is 1. The van der Waals surface area contributed by atoms with E-state index < -0.39 is 5.79 Å². The van der Waals surface area contributed by atoms with Gasteiger partial charge in [-0.25, -0.2) is 0 Å². The lowest BCUT2D eigenvalue weighted by Gasteiger charge is -2.37. The zero-order valence-electron chi connectivity index (χ0n) is 16.2. The zero-order valence-corrected chi connectivity index (χ0v) is 16.2. The van der Waals surface area contributed by atoms with Gasteiger partial charge in [0, 0.05) is 43.6 Å². The van der Waals surface area contributed by atoms with Gasteiger partial charge >= 0.3 is 0 Å². The molecule has 0 unspecified atom stereocenters. The minimum atomic E-state index is -0.481. The van der Waals surface area contributed by atoms with Gasteiger partial charge in [-0.1, -0.05) is 0 Å². The highest BCUT2D eigenvalue weighted by Crippen LogP contribution is 2.31. The first-order chi connectivity index (χ1) is 13.0. The van der Waals surface area contributed by atoms with Crippen LogP contribution in [0.5, 0.6) is 0 Å². The first-order valence-electron chi connectivity index (χ1n) is 9.59. The number of hydrogen-bond acceptors (Lipinski definition) is 5. The van der Waals surface area contributed by atoms with E-state index in [0.717, 1.165) is 13.0 Å². The smallest absolute Gasteiger partial charge is 0.253 e. The Morgan fingerprint density at radius 1 is 1.07 bits per heavy atom. The molecule has 2 saturated heterocycles. The van der Waals surface area contributed by atoms with Crippen molar-refractivity contribution < 1.29 is 19.1 Å². The minimum absolute atomic E-state index is 0.0132. The van der Waals surface area contributed by atoms with E-state index in [1.807, 2.05) is 19.0 Å². The number of rotatable bonds is 6. The molecule has 7 nitrogen and oxygen atoms in total. The average molecular weight is 375 g/mol. The normalized spacial score (nSPS) is 18.9. The van der Waals surface area contributed by atoms with Crippen molar-refractivity contribution in [3.8, 4) is 0 Å². The number of nitrogens with zero attached hydrogens (tertiary/aromatic N) is 2. The van der Waals surface area contributed by atoms with Gasteiger partial charge in [0.05, 0.1) is 13.2 Å². The average Bonchev–Trinajstić information content (AvgIpc) is 3.13. The summed E-state index contributed by atoms with van der Waals surface area (Å²) in [6, 6.07) is 6.88. The quantitative estimate of drug-likeness (QED) is 0.760. The molecule has 3 rings (SSSR count). The van der Waals surface area contributed by atoms with E-state index in [1.54, 1.807) is 24.3 Å². The Morgan fingerprint density at radius 3 is 2.26 bits per heavy atom. The van der Waals surface area contributed by atoms with Crippen LogP contribution >= 0.6 is 0 Å². The molecule has 1 spiro atoms. The molecule has 2 aliphatic rings. The Balaban J connectivity index is 1.49. The fourth-order valence-electron chi connectivity index (χ4n) is 3.48. The van der Waals surface area contributed by atoms with Crippen LogP contribution in [0.3, 0.4) is 0 Å². The molecule has 27 heavy (non-hydrogen) atoms. The number of carbonyl (C=O) groups excluding carboxylic acids is 2. The number of piperidine rings is 1. The van der Waals surface area contributed by atoms with Crippen LogP contribution in [0.15, 0.2) is 24.3 Å². The van der Waals surface area contributed by atoms with Crippen molar-refractivity contribution in [3.05, 3.63) is 35.4 Å². The van der Waals surface area contributed by atoms with Gasteiger partial charge in [-0.2, -0.15) is 0 Å². The van der Waals surface area contributed by atoms with Crippen LogP contribution in [0.4, 0.5) is 0 Å². The molecule has 0 atom stereocenters. The molecule has 2 aliphatic heterocycles. The molecule has 0 saturated carbocycles. The van der Waals surface area contributed by atoms with Crippen molar-refractivity contribution in [1.29, 1.82) is 0 Å². The Hall–Kier alpha value is -1.96. The standard InChI is InChI=1S/C20H29N3O4/c1-22(2)11-3-10-21-18(24)16-4-6-17(7-5-16)19(25)23-12-8-20(9-13-23)26-14-15-27-20/h4-7H,3,8-15H2,1-2H3,(H,21,24). The molecule has 0 aromatic heterocycles. The van der Waals surface area contributed by atoms with E-state index in [1.165, 1.54) is 0 Å². The third-order valence-corrected chi connectivity index (χ3v) is 5.09. The predicted octanol–water partition coefficient (Wildman–Crippen LogP) is 1.35.